The van der Waals surface area contributed by atoms with Gasteiger partial charge in [0.1, 0.15) is 17.1 Å². The molecular formula is C9H7N3O3. The Kier molecular flexibility index (Phi) is 2.18. The summed E-state index contributed by atoms with van der Waals surface area (Å²) >= 11 is 0. The maximum Gasteiger partial charge on any atom is 0.143 e. The van der Waals surface area contributed by atoms with E-state index < -0.39 is 0 Å². The molecule has 0 radical (unpaired) electrons. The lowest BCUT2D eigenvalue weighted by Crippen LogP contribution is -2.15. The highest BCUT2D eigenvalue weighted by molar-refractivity contribution is 6.22. The summed E-state index contributed by atoms with van der Waals surface area (Å²) in [6.45, 7) is 0. The molecule has 3 N–H and O–H groups in total. The number of hydroxylamine groups is 1. The molecule has 0 bridgehead atoms. The number of allylic oxidation sites excluding steroid dienone is 1. The highest BCUT2D eigenvalue weighted by atomic mass is 16.5. The van der Waals surface area contributed by atoms with E-state index in [4.69, 9.17) is 10.4 Å². The first-order valence-electron chi connectivity index (χ1n) is 4.13. The second-order valence-electron chi connectivity index (χ2n) is 2.92. The van der Waals surface area contributed by atoms with Crippen LogP contribution in [-0.2, 0) is 0 Å². The van der Waals surface area contributed by atoms with E-state index in [1.807, 2.05) is 5.48 Å². The molecule has 0 saturated carbocycles. The fourth-order valence-electron chi connectivity index (χ4n) is 1.58. The van der Waals surface area contributed by atoms with Gasteiger partial charge in [-0.05, 0) is 5.18 Å². The van der Waals surface area contributed by atoms with Crippen molar-refractivity contribution in [1.29, 1.82) is 0 Å². The van der Waals surface area contributed by atoms with E-state index >= 15 is 0 Å². The van der Waals surface area contributed by atoms with Crippen LogP contribution in [0.15, 0.2) is 40.3 Å². The predicted molar refractivity (Wildman–Crippen MR) is 52.4 cm³/mol. The van der Waals surface area contributed by atoms with Gasteiger partial charge in [-0.2, -0.15) is 0 Å². The van der Waals surface area contributed by atoms with Crippen molar-refractivity contribution in [2.24, 2.45) is 10.3 Å². The molecule has 1 aliphatic carbocycles. The maximum atomic E-state index is 10.6. The van der Waals surface area contributed by atoms with Crippen LogP contribution in [0.5, 0.6) is 0 Å². The van der Waals surface area contributed by atoms with Gasteiger partial charge in [-0.25, -0.2) is 0 Å². The van der Waals surface area contributed by atoms with Crippen molar-refractivity contribution in [3.63, 3.8) is 0 Å². The lowest BCUT2D eigenvalue weighted by molar-refractivity contribution is 0.207. The van der Waals surface area contributed by atoms with E-state index in [2.05, 4.69) is 10.3 Å². The van der Waals surface area contributed by atoms with E-state index in [-0.39, 0.29) is 17.1 Å². The van der Waals surface area contributed by atoms with Gasteiger partial charge in [0, 0.05) is 11.1 Å². The number of benzene rings is 1. The Bertz CT molecular complexity index is 479. The minimum atomic E-state index is 0.00806. The molecule has 1 aliphatic rings. The van der Waals surface area contributed by atoms with E-state index in [9.17, 15) is 4.91 Å². The van der Waals surface area contributed by atoms with E-state index in [0.29, 0.717) is 11.1 Å². The molecular weight excluding hydrogens is 198 g/mol. The summed E-state index contributed by atoms with van der Waals surface area (Å²) in [6.07, 6.45) is 0. The summed E-state index contributed by atoms with van der Waals surface area (Å²) in [4.78, 5) is 10.6. The summed E-state index contributed by atoms with van der Waals surface area (Å²) < 4.78 is 0. The van der Waals surface area contributed by atoms with Crippen LogP contribution < -0.4 is 5.48 Å². The van der Waals surface area contributed by atoms with Crippen molar-refractivity contribution >= 4 is 11.4 Å². The highest BCUT2D eigenvalue weighted by Crippen LogP contribution is 2.32. The zero-order valence-corrected chi connectivity index (χ0v) is 7.51. The maximum absolute atomic E-state index is 10.6. The Labute approximate surface area is 84.5 Å². The van der Waals surface area contributed by atoms with Gasteiger partial charge in [-0.1, -0.05) is 29.4 Å². The van der Waals surface area contributed by atoms with Gasteiger partial charge in [-0.3, -0.25) is 10.7 Å². The van der Waals surface area contributed by atoms with Crippen LogP contribution in [0, 0.1) is 4.91 Å². The quantitative estimate of drug-likeness (QED) is 0.385. The van der Waals surface area contributed by atoms with E-state index in [0.717, 1.165) is 0 Å². The van der Waals surface area contributed by atoms with Crippen LogP contribution >= 0.6 is 0 Å². The topological polar surface area (TPSA) is 94.3 Å². The van der Waals surface area contributed by atoms with Gasteiger partial charge in [0.25, 0.3) is 0 Å². The molecule has 76 valence electrons. The van der Waals surface area contributed by atoms with Crippen molar-refractivity contribution in [2.75, 3.05) is 0 Å². The van der Waals surface area contributed by atoms with Crippen LogP contribution in [0.2, 0.25) is 0 Å². The standard InChI is InChI=1S/C9H7N3O3/c13-10-7-5-3-1-2-4-6(5)8(11-14)9(7)12-15/h1-4,13,15H,(H,10,12). The van der Waals surface area contributed by atoms with Crippen molar-refractivity contribution in [1.82, 2.24) is 5.48 Å². The Balaban J connectivity index is 2.72. The third-order valence-electron chi connectivity index (χ3n) is 2.21. The van der Waals surface area contributed by atoms with Crippen LogP contribution in [0.1, 0.15) is 11.1 Å². The first-order chi connectivity index (χ1) is 7.33. The molecule has 6 heteroatoms. The molecule has 0 aliphatic heterocycles. The molecule has 1 aromatic rings. The Morgan fingerprint density at radius 2 is 1.87 bits per heavy atom. The number of oxime groups is 1. The minimum Gasteiger partial charge on any atom is -0.410 e. The first-order valence-corrected chi connectivity index (χ1v) is 4.13. The van der Waals surface area contributed by atoms with Crippen molar-refractivity contribution in [3.8, 4) is 0 Å². The van der Waals surface area contributed by atoms with Gasteiger partial charge in [0.15, 0.2) is 0 Å². The monoisotopic (exact) mass is 205 g/mol. The molecule has 0 heterocycles. The van der Waals surface area contributed by atoms with Gasteiger partial charge in [0.05, 0.1) is 0 Å². The second-order valence-corrected chi connectivity index (χ2v) is 2.92. The second kappa shape index (κ2) is 3.50. The van der Waals surface area contributed by atoms with Crippen molar-refractivity contribution < 1.29 is 10.4 Å². The fraction of sp³-hybridized carbons (Fsp3) is 0. The molecule has 15 heavy (non-hydrogen) atoms. The molecule has 0 amide bonds. The van der Waals surface area contributed by atoms with E-state index in [1.54, 1.807) is 24.3 Å². The van der Waals surface area contributed by atoms with Crippen molar-refractivity contribution in [2.45, 2.75) is 0 Å². The number of hydrogen-bond donors (Lipinski definition) is 3. The smallest absolute Gasteiger partial charge is 0.143 e. The molecule has 0 fully saturated rings. The SMILES string of the molecule is O=NC1=C(NO)C(=NO)c2ccccc21. The van der Waals surface area contributed by atoms with Gasteiger partial charge in [0.2, 0.25) is 0 Å². The molecule has 0 spiro atoms. The summed E-state index contributed by atoms with van der Waals surface area (Å²) in [5.74, 6) is 0. The molecule has 6 nitrogen and oxygen atoms in total. The van der Waals surface area contributed by atoms with Crippen molar-refractivity contribution in [3.05, 3.63) is 46.0 Å². The normalized spacial score (nSPS) is 16.7. The van der Waals surface area contributed by atoms with Crippen LogP contribution in [0.25, 0.3) is 5.70 Å². The van der Waals surface area contributed by atoms with Gasteiger partial charge < -0.3 is 5.21 Å². The summed E-state index contributed by atoms with van der Waals surface area (Å²) in [6, 6.07) is 6.77. The third kappa shape index (κ3) is 1.19. The van der Waals surface area contributed by atoms with Gasteiger partial charge in [-0.15, -0.1) is 4.91 Å². The highest BCUT2D eigenvalue weighted by Gasteiger charge is 2.29. The number of nitrogens with zero attached hydrogens (tertiary/aromatic N) is 2. The number of nitrogens with one attached hydrogen (secondary N) is 1. The summed E-state index contributed by atoms with van der Waals surface area (Å²) in [5.41, 5.74) is 3.02. The largest absolute Gasteiger partial charge is 0.410 e. The average Bonchev–Trinajstić information content (AvgIpc) is 2.61. The summed E-state index contributed by atoms with van der Waals surface area (Å²) in [7, 11) is 0. The Hall–Kier alpha value is -2.21. The summed E-state index contributed by atoms with van der Waals surface area (Å²) in [5, 5.41) is 23.4. The molecule has 0 atom stereocenters. The van der Waals surface area contributed by atoms with Crippen LogP contribution in [0.3, 0.4) is 0 Å². The predicted octanol–water partition coefficient (Wildman–Crippen LogP) is 1.29. The number of fused-ring (bicyclic) bond motifs is 1. The molecule has 0 unspecified atom stereocenters. The number of hydrogen-bond acceptors (Lipinski definition) is 6. The molecule has 0 saturated heterocycles. The zero-order valence-electron chi connectivity index (χ0n) is 7.51. The fourth-order valence-corrected chi connectivity index (χ4v) is 1.58. The minimum absolute atomic E-state index is 0.00806. The van der Waals surface area contributed by atoms with Crippen LogP contribution in [0.4, 0.5) is 0 Å². The number of nitroso groups, excluding NO2 is 1. The zero-order chi connectivity index (χ0) is 10.8. The molecule has 0 aromatic heterocycles. The first kappa shape index (κ1) is 9.35. The lowest BCUT2D eigenvalue weighted by atomic mass is 10.1. The molecule has 2 rings (SSSR count). The molecule has 1 aromatic carbocycles. The third-order valence-corrected chi connectivity index (χ3v) is 2.21. The van der Waals surface area contributed by atoms with Crippen LogP contribution in [-0.4, -0.2) is 16.1 Å². The average molecular weight is 205 g/mol. The Morgan fingerprint density at radius 3 is 2.40 bits per heavy atom. The number of rotatable bonds is 2. The van der Waals surface area contributed by atoms with E-state index in [1.165, 1.54) is 0 Å². The Morgan fingerprint density at radius 1 is 1.20 bits per heavy atom. The lowest BCUT2D eigenvalue weighted by Gasteiger charge is -1.99. The van der Waals surface area contributed by atoms with Gasteiger partial charge >= 0.3 is 0 Å².